The molecule has 0 aliphatic heterocycles. The maximum Gasteiger partial charge on any atom is 0.239 e. The van der Waals surface area contributed by atoms with Gasteiger partial charge in [0.25, 0.3) is 0 Å². The number of amides is 1. The largest absolute Gasteiger partial charge is 0.309 e. The van der Waals surface area contributed by atoms with E-state index in [9.17, 15) is 4.79 Å². The third-order valence-corrected chi connectivity index (χ3v) is 4.66. The van der Waals surface area contributed by atoms with Gasteiger partial charge in [0, 0.05) is 22.2 Å². The number of rotatable bonds is 6. The van der Waals surface area contributed by atoms with Gasteiger partial charge < -0.3 is 10.6 Å². The normalized spacial score (nSPS) is 12.0. The average molecular weight is 403 g/mol. The molecule has 0 aliphatic rings. The summed E-state index contributed by atoms with van der Waals surface area (Å²) in [6.45, 7) is 3.97. The monoisotopic (exact) mass is 402 g/mol. The number of aryl methyl sites for hydroxylation is 1. The highest BCUT2D eigenvalue weighted by molar-refractivity contribution is 6.35. The SMILES string of the molecule is Cc1cc(NC(=O)CNC(C)c2ccc(Cl)cc2Cl)n(-c2ccccc2)n1. The fraction of sp³-hybridized carbons (Fsp3) is 0.200. The Kier molecular flexibility index (Phi) is 6.16. The lowest BCUT2D eigenvalue weighted by molar-refractivity contribution is -0.115. The zero-order chi connectivity index (χ0) is 19.4. The van der Waals surface area contributed by atoms with Crippen molar-refractivity contribution in [3.05, 3.63) is 75.9 Å². The number of nitrogens with zero attached hydrogens (tertiary/aromatic N) is 2. The standard InChI is InChI=1S/C20H20Cl2N4O/c1-13-10-19(26(25-13)16-6-4-3-5-7-16)24-20(27)12-23-14(2)17-9-8-15(21)11-18(17)22/h3-11,14,23H,12H2,1-2H3,(H,24,27). The maximum absolute atomic E-state index is 12.4. The summed E-state index contributed by atoms with van der Waals surface area (Å²) >= 11 is 12.2. The molecule has 0 saturated heterocycles. The van der Waals surface area contributed by atoms with Crippen molar-refractivity contribution in [2.45, 2.75) is 19.9 Å². The minimum absolute atomic E-state index is 0.0960. The number of halogens is 2. The molecule has 140 valence electrons. The van der Waals surface area contributed by atoms with Crippen LogP contribution in [-0.2, 0) is 4.79 Å². The number of aromatic nitrogens is 2. The highest BCUT2D eigenvalue weighted by atomic mass is 35.5. The highest BCUT2D eigenvalue weighted by Crippen LogP contribution is 2.26. The molecule has 0 fully saturated rings. The zero-order valence-electron chi connectivity index (χ0n) is 15.0. The number of carbonyl (C=O) groups excluding carboxylic acids is 1. The predicted octanol–water partition coefficient (Wildman–Crippen LogP) is 4.78. The minimum Gasteiger partial charge on any atom is -0.309 e. The van der Waals surface area contributed by atoms with Crippen molar-refractivity contribution in [3.8, 4) is 5.69 Å². The molecule has 3 rings (SSSR count). The molecule has 3 aromatic rings. The van der Waals surface area contributed by atoms with Gasteiger partial charge >= 0.3 is 0 Å². The van der Waals surface area contributed by atoms with Gasteiger partial charge in [-0.1, -0.05) is 47.5 Å². The lowest BCUT2D eigenvalue weighted by Gasteiger charge is -2.16. The van der Waals surface area contributed by atoms with E-state index in [2.05, 4.69) is 15.7 Å². The first-order valence-electron chi connectivity index (χ1n) is 8.54. The van der Waals surface area contributed by atoms with Gasteiger partial charge in [-0.15, -0.1) is 0 Å². The average Bonchev–Trinajstić information content (AvgIpc) is 3.00. The van der Waals surface area contributed by atoms with Gasteiger partial charge in [-0.05, 0) is 43.7 Å². The Morgan fingerprint density at radius 3 is 2.59 bits per heavy atom. The van der Waals surface area contributed by atoms with Crippen LogP contribution in [0.15, 0.2) is 54.6 Å². The molecular weight excluding hydrogens is 383 g/mol. The molecule has 0 aliphatic carbocycles. The molecule has 2 aromatic carbocycles. The number of hydrogen-bond acceptors (Lipinski definition) is 3. The molecule has 5 nitrogen and oxygen atoms in total. The molecular formula is C20H20Cl2N4O. The first kappa shape index (κ1) is 19.4. The minimum atomic E-state index is -0.163. The Morgan fingerprint density at radius 1 is 1.15 bits per heavy atom. The van der Waals surface area contributed by atoms with E-state index in [1.54, 1.807) is 16.8 Å². The quantitative estimate of drug-likeness (QED) is 0.623. The second-order valence-electron chi connectivity index (χ2n) is 6.23. The Morgan fingerprint density at radius 2 is 1.89 bits per heavy atom. The number of benzene rings is 2. The van der Waals surface area contributed by atoms with E-state index in [-0.39, 0.29) is 18.5 Å². The summed E-state index contributed by atoms with van der Waals surface area (Å²) in [7, 11) is 0. The molecule has 1 amide bonds. The van der Waals surface area contributed by atoms with Crippen molar-refractivity contribution in [2.24, 2.45) is 0 Å². The Hall–Kier alpha value is -2.34. The van der Waals surface area contributed by atoms with Gasteiger partial charge in [-0.2, -0.15) is 5.10 Å². The molecule has 0 bridgehead atoms. The highest BCUT2D eigenvalue weighted by Gasteiger charge is 2.14. The van der Waals surface area contributed by atoms with Crippen LogP contribution in [0.3, 0.4) is 0 Å². The second-order valence-corrected chi connectivity index (χ2v) is 7.08. The summed E-state index contributed by atoms with van der Waals surface area (Å²) in [5, 5.41) is 11.7. The van der Waals surface area contributed by atoms with Crippen LogP contribution < -0.4 is 10.6 Å². The molecule has 1 atom stereocenters. The van der Waals surface area contributed by atoms with Gasteiger partial charge in [0.05, 0.1) is 17.9 Å². The van der Waals surface area contributed by atoms with E-state index in [1.807, 2.05) is 56.3 Å². The summed E-state index contributed by atoms with van der Waals surface area (Å²) in [6, 6.07) is 16.7. The van der Waals surface area contributed by atoms with Crippen molar-refractivity contribution in [3.63, 3.8) is 0 Å². The molecule has 0 radical (unpaired) electrons. The number of anilines is 1. The smallest absolute Gasteiger partial charge is 0.239 e. The molecule has 2 N–H and O–H groups in total. The fourth-order valence-corrected chi connectivity index (χ4v) is 3.32. The van der Waals surface area contributed by atoms with Crippen LogP contribution in [0, 0.1) is 6.92 Å². The number of para-hydroxylation sites is 1. The first-order chi connectivity index (χ1) is 12.9. The van der Waals surface area contributed by atoms with Crippen LogP contribution in [0.25, 0.3) is 5.69 Å². The number of nitrogens with one attached hydrogen (secondary N) is 2. The van der Waals surface area contributed by atoms with Crippen LogP contribution in [0.2, 0.25) is 10.0 Å². The molecule has 7 heteroatoms. The molecule has 1 heterocycles. The topological polar surface area (TPSA) is 59.0 Å². The summed E-state index contributed by atoms with van der Waals surface area (Å²) in [4.78, 5) is 12.4. The van der Waals surface area contributed by atoms with Gasteiger partial charge in [0.2, 0.25) is 5.91 Å². The summed E-state index contributed by atoms with van der Waals surface area (Å²) in [5.74, 6) is 0.465. The lowest BCUT2D eigenvalue weighted by Crippen LogP contribution is -2.30. The molecule has 0 spiro atoms. The van der Waals surface area contributed by atoms with E-state index in [4.69, 9.17) is 23.2 Å². The molecule has 1 unspecified atom stereocenters. The Labute approximate surface area is 168 Å². The van der Waals surface area contributed by atoms with E-state index < -0.39 is 0 Å². The molecule has 27 heavy (non-hydrogen) atoms. The summed E-state index contributed by atoms with van der Waals surface area (Å²) in [6.07, 6.45) is 0. The van der Waals surface area contributed by atoms with Crippen molar-refractivity contribution in [2.75, 3.05) is 11.9 Å². The fourth-order valence-electron chi connectivity index (χ4n) is 2.75. The van der Waals surface area contributed by atoms with Crippen LogP contribution in [0.1, 0.15) is 24.2 Å². The summed E-state index contributed by atoms with van der Waals surface area (Å²) < 4.78 is 1.72. The van der Waals surface area contributed by atoms with Crippen molar-refractivity contribution in [1.29, 1.82) is 0 Å². The van der Waals surface area contributed by atoms with E-state index >= 15 is 0 Å². The second kappa shape index (κ2) is 8.57. The zero-order valence-corrected chi connectivity index (χ0v) is 16.6. The third kappa shape index (κ3) is 4.89. The van der Waals surface area contributed by atoms with Gasteiger partial charge in [0.1, 0.15) is 5.82 Å². The molecule has 1 aromatic heterocycles. The number of hydrogen-bond donors (Lipinski definition) is 2. The summed E-state index contributed by atoms with van der Waals surface area (Å²) in [5.41, 5.74) is 2.60. The van der Waals surface area contributed by atoms with Gasteiger partial charge in [-0.25, -0.2) is 4.68 Å². The van der Waals surface area contributed by atoms with Crippen LogP contribution >= 0.6 is 23.2 Å². The van der Waals surface area contributed by atoms with Crippen molar-refractivity contribution < 1.29 is 4.79 Å². The van der Waals surface area contributed by atoms with Crippen LogP contribution in [0.5, 0.6) is 0 Å². The maximum atomic E-state index is 12.4. The van der Waals surface area contributed by atoms with Gasteiger partial charge in [0.15, 0.2) is 0 Å². The van der Waals surface area contributed by atoms with Crippen LogP contribution in [0.4, 0.5) is 5.82 Å². The molecule has 0 saturated carbocycles. The third-order valence-electron chi connectivity index (χ3n) is 4.10. The van der Waals surface area contributed by atoms with Crippen molar-refractivity contribution >= 4 is 34.9 Å². The first-order valence-corrected chi connectivity index (χ1v) is 9.30. The van der Waals surface area contributed by atoms with Crippen molar-refractivity contribution in [1.82, 2.24) is 15.1 Å². The number of carbonyl (C=O) groups is 1. The van der Waals surface area contributed by atoms with Crippen LogP contribution in [-0.4, -0.2) is 22.2 Å². The van der Waals surface area contributed by atoms with Gasteiger partial charge in [-0.3, -0.25) is 4.79 Å². The lowest BCUT2D eigenvalue weighted by atomic mass is 10.1. The van der Waals surface area contributed by atoms with E-state index in [0.717, 1.165) is 16.9 Å². The van der Waals surface area contributed by atoms with E-state index in [1.165, 1.54) is 0 Å². The van der Waals surface area contributed by atoms with E-state index in [0.29, 0.717) is 15.9 Å². The Balaban J connectivity index is 1.65. The predicted molar refractivity (Wildman–Crippen MR) is 110 cm³/mol. The Bertz CT molecular complexity index is 940.